The van der Waals surface area contributed by atoms with E-state index in [0.29, 0.717) is 12.8 Å². The van der Waals surface area contributed by atoms with Crippen molar-refractivity contribution in [2.24, 2.45) is 0 Å². The topological polar surface area (TPSA) is 116 Å². The summed E-state index contributed by atoms with van der Waals surface area (Å²) in [4.78, 5) is 20.8. The predicted octanol–water partition coefficient (Wildman–Crippen LogP) is 1.52. The lowest BCUT2D eigenvalue weighted by Gasteiger charge is -2.23. The highest BCUT2D eigenvalue weighted by molar-refractivity contribution is 7.89. The lowest BCUT2D eigenvalue weighted by Crippen LogP contribution is -2.36. The minimum atomic E-state index is -3.77. The van der Waals surface area contributed by atoms with Crippen LogP contribution in [0.25, 0.3) is 0 Å². The zero-order valence-corrected chi connectivity index (χ0v) is 13.2. The number of nitrogens with zero attached hydrogens (tertiary/aromatic N) is 1. The van der Waals surface area contributed by atoms with E-state index in [-0.39, 0.29) is 22.7 Å². The van der Waals surface area contributed by atoms with E-state index in [2.05, 4.69) is 4.72 Å². The number of ether oxygens (including phenoxy) is 1. The first kappa shape index (κ1) is 17.1. The number of esters is 1. The van der Waals surface area contributed by atoms with Gasteiger partial charge in [0.05, 0.1) is 9.82 Å². The number of benzene rings is 1. The monoisotopic (exact) mass is 340 g/mol. The fourth-order valence-electron chi connectivity index (χ4n) is 2.22. The van der Waals surface area contributed by atoms with Crippen molar-refractivity contribution in [3.05, 3.63) is 46.5 Å². The van der Waals surface area contributed by atoms with Gasteiger partial charge in [0, 0.05) is 25.1 Å². The molecule has 0 fully saturated rings. The molecule has 2 atom stereocenters. The van der Waals surface area contributed by atoms with Gasteiger partial charge in [0.2, 0.25) is 10.0 Å². The fraction of sp³-hybridized carbons (Fsp3) is 0.357. The lowest BCUT2D eigenvalue weighted by atomic mass is 10.0. The smallest absolute Gasteiger partial charge is 0.303 e. The second-order valence-corrected chi connectivity index (χ2v) is 6.80. The van der Waals surface area contributed by atoms with Crippen LogP contribution in [0.15, 0.2) is 41.3 Å². The molecule has 9 heteroatoms. The number of carbonyl (C=O) groups excluding carboxylic acids is 1. The van der Waals surface area contributed by atoms with E-state index < -0.39 is 21.0 Å². The first-order valence-electron chi connectivity index (χ1n) is 6.90. The molecule has 0 aromatic heterocycles. The molecule has 23 heavy (non-hydrogen) atoms. The Morgan fingerprint density at radius 2 is 1.91 bits per heavy atom. The number of nitro groups is 1. The number of hydrogen-bond donors (Lipinski definition) is 1. The van der Waals surface area contributed by atoms with Crippen LogP contribution >= 0.6 is 0 Å². The van der Waals surface area contributed by atoms with Crippen LogP contribution in [0.1, 0.15) is 19.8 Å². The predicted molar refractivity (Wildman–Crippen MR) is 81.1 cm³/mol. The van der Waals surface area contributed by atoms with Gasteiger partial charge in [-0.1, -0.05) is 6.08 Å². The van der Waals surface area contributed by atoms with Crippen molar-refractivity contribution >= 4 is 21.7 Å². The summed E-state index contributed by atoms with van der Waals surface area (Å²) in [6, 6.07) is 4.25. The van der Waals surface area contributed by atoms with Gasteiger partial charge in [-0.3, -0.25) is 14.9 Å². The fourth-order valence-corrected chi connectivity index (χ4v) is 3.44. The lowest BCUT2D eigenvalue weighted by molar-refractivity contribution is -0.384. The van der Waals surface area contributed by atoms with Crippen LogP contribution in [0.3, 0.4) is 0 Å². The molecule has 0 saturated carbocycles. The average molecular weight is 340 g/mol. The van der Waals surface area contributed by atoms with Crippen LogP contribution in [-0.2, 0) is 19.6 Å². The maximum Gasteiger partial charge on any atom is 0.303 e. The summed E-state index contributed by atoms with van der Waals surface area (Å²) in [7, 11) is -3.77. The third-order valence-electron chi connectivity index (χ3n) is 3.30. The summed E-state index contributed by atoms with van der Waals surface area (Å²) in [5, 5.41) is 10.6. The quantitative estimate of drug-likeness (QED) is 0.376. The van der Waals surface area contributed by atoms with Gasteiger partial charge in [-0.05, 0) is 31.1 Å². The zero-order chi connectivity index (χ0) is 17.0. The van der Waals surface area contributed by atoms with E-state index in [0.717, 1.165) is 12.1 Å². The third-order valence-corrected chi connectivity index (χ3v) is 4.81. The Morgan fingerprint density at radius 1 is 1.26 bits per heavy atom. The van der Waals surface area contributed by atoms with E-state index in [4.69, 9.17) is 4.74 Å². The summed E-state index contributed by atoms with van der Waals surface area (Å²) < 4.78 is 32.0. The number of hydrogen-bond acceptors (Lipinski definition) is 6. The van der Waals surface area contributed by atoms with Crippen molar-refractivity contribution in [3.63, 3.8) is 0 Å². The Bertz CT molecular complexity index is 726. The Hall–Kier alpha value is -2.26. The van der Waals surface area contributed by atoms with Gasteiger partial charge < -0.3 is 4.74 Å². The Kier molecular flexibility index (Phi) is 5.12. The maximum atomic E-state index is 12.2. The second-order valence-electron chi connectivity index (χ2n) is 5.09. The van der Waals surface area contributed by atoms with Crippen LogP contribution in [0, 0.1) is 10.1 Å². The second kappa shape index (κ2) is 6.88. The summed E-state index contributed by atoms with van der Waals surface area (Å²) in [5.74, 6) is -0.385. The molecule has 1 aromatic rings. The van der Waals surface area contributed by atoms with Crippen LogP contribution in [0.2, 0.25) is 0 Å². The zero-order valence-electron chi connectivity index (χ0n) is 12.3. The summed E-state index contributed by atoms with van der Waals surface area (Å²) >= 11 is 0. The molecule has 0 aliphatic heterocycles. The highest BCUT2D eigenvalue weighted by Crippen LogP contribution is 2.19. The molecule has 0 unspecified atom stereocenters. The molecule has 0 spiro atoms. The van der Waals surface area contributed by atoms with Gasteiger partial charge in [-0.25, -0.2) is 13.1 Å². The average Bonchev–Trinajstić information content (AvgIpc) is 2.48. The van der Waals surface area contributed by atoms with Gasteiger partial charge >= 0.3 is 5.97 Å². The van der Waals surface area contributed by atoms with Crippen LogP contribution in [0.4, 0.5) is 5.69 Å². The molecule has 124 valence electrons. The van der Waals surface area contributed by atoms with E-state index in [1.807, 2.05) is 0 Å². The Labute approximate surface area is 133 Å². The number of non-ortho nitro benzene ring substituents is 1. The van der Waals surface area contributed by atoms with E-state index in [1.165, 1.54) is 19.1 Å². The van der Waals surface area contributed by atoms with Crippen molar-refractivity contribution in [1.29, 1.82) is 0 Å². The molecule has 1 aromatic carbocycles. The molecule has 1 N–H and O–H groups in total. The molecular weight excluding hydrogens is 324 g/mol. The minimum Gasteiger partial charge on any atom is -0.458 e. The van der Waals surface area contributed by atoms with E-state index in [9.17, 15) is 23.3 Å². The standard InChI is InChI=1S/C14H16N2O6S/c1-10(17)22-13-6-2-11(3-7-13)15-23(20,21)14-8-4-12(5-9-14)16(18)19/h2,4-6,8-9,11,13,15H,3,7H2,1H3/t11-,13-/m1/s1. The van der Waals surface area contributed by atoms with Crippen LogP contribution in [-0.4, -0.2) is 31.5 Å². The van der Waals surface area contributed by atoms with E-state index in [1.54, 1.807) is 12.2 Å². The molecule has 1 aliphatic carbocycles. The molecule has 0 heterocycles. The van der Waals surface area contributed by atoms with Crippen molar-refractivity contribution in [2.45, 2.75) is 36.8 Å². The van der Waals surface area contributed by atoms with Gasteiger partial charge in [0.1, 0.15) is 6.10 Å². The van der Waals surface area contributed by atoms with Gasteiger partial charge in [0.15, 0.2) is 0 Å². The number of sulfonamides is 1. The van der Waals surface area contributed by atoms with Crippen molar-refractivity contribution in [3.8, 4) is 0 Å². The largest absolute Gasteiger partial charge is 0.458 e. The van der Waals surface area contributed by atoms with Gasteiger partial charge in [-0.15, -0.1) is 0 Å². The normalized spacial score (nSPS) is 20.9. The van der Waals surface area contributed by atoms with Gasteiger partial charge in [0.25, 0.3) is 5.69 Å². The highest BCUT2D eigenvalue weighted by atomic mass is 32.2. The number of rotatable bonds is 5. The Balaban J connectivity index is 2.04. The summed E-state index contributed by atoms with van der Waals surface area (Å²) in [5.41, 5.74) is -0.175. The van der Waals surface area contributed by atoms with Crippen molar-refractivity contribution < 1.29 is 22.9 Å². The van der Waals surface area contributed by atoms with Crippen LogP contribution < -0.4 is 4.72 Å². The van der Waals surface area contributed by atoms with E-state index >= 15 is 0 Å². The van der Waals surface area contributed by atoms with Crippen molar-refractivity contribution in [2.75, 3.05) is 0 Å². The minimum absolute atomic E-state index is 0.0430. The number of nitro benzene ring substituents is 1. The van der Waals surface area contributed by atoms with Gasteiger partial charge in [-0.2, -0.15) is 0 Å². The molecule has 0 bridgehead atoms. The van der Waals surface area contributed by atoms with Crippen molar-refractivity contribution in [1.82, 2.24) is 4.72 Å². The Morgan fingerprint density at radius 3 is 2.39 bits per heavy atom. The number of carbonyl (C=O) groups is 1. The summed E-state index contributed by atoms with van der Waals surface area (Å²) in [6.45, 7) is 1.32. The molecule has 0 saturated heterocycles. The first-order valence-corrected chi connectivity index (χ1v) is 8.38. The molecule has 2 rings (SSSR count). The maximum absolute atomic E-state index is 12.2. The number of nitrogens with one attached hydrogen (secondary N) is 1. The molecule has 8 nitrogen and oxygen atoms in total. The third kappa shape index (κ3) is 4.60. The molecule has 0 amide bonds. The molecule has 1 aliphatic rings. The summed E-state index contributed by atoms with van der Waals surface area (Å²) in [6.07, 6.45) is 3.95. The first-order chi connectivity index (χ1) is 10.8. The van der Waals surface area contributed by atoms with Crippen LogP contribution in [0.5, 0.6) is 0 Å². The molecular formula is C14H16N2O6S. The highest BCUT2D eigenvalue weighted by Gasteiger charge is 2.23. The SMILES string of the molecule is CC(=O)O[C@@H]1C=C[C@@H](NS(=O)(=O)c2ccc([N+](=O)[O-])cc2)CC1. The molecule has 0 radical (unpaired) electrons.